The van der Waals surface area contributed by atoms with E-state index in [-0.39, 0.29) is 0 Å². The van der Waals surface area contributed by atoms with Crippen LogP contribution < -0.4 is 0 Å². The average Bonchev–Trinajstić information content (AvgIpc) is 2.26. The van der Waals surface area contributed by atoms with Crippen molar-refractivity contribution in [1.29, 1.82) is 0 Å². The lowest BCUT2D eigenvalue weighted by molar-refractivity contribution is 0.0648. The summed E-state index contributed by atoms with van der Waals surface area (Å²) in [5.41, 5.74) is -2.69. The summed E-state index contributed by atoms with van der Waals surface area (Å²) in [5, 5.41) is 25.2. The molecule has 0 unspecified atom stereocenters. The van der Waals surface area contributed by atoms with E-state index in [1.807, 2.05) is 0 Å². The molecule has 0 heterocycles. The molecule has 0 fully saturated rings. The van der Waals surface area contributed by atoms with Crippen LogP contribution >= 0.6 is 11.6 Å². The van der Waals surface area contributed by atoms with Gasteiger partial charge < -0.3 is 15.3 Å². The van der Waals surface area contributed by atoms with Gasteiger partial charge in [0.15, 0.2) is 0 Å². The summed E-state index contributed by atoms with van der Waals surface area (Å²) in [6.07, 6.45) is 0. The van der Waals surface area contributed by atoms with Crippen LogP contribution in [-0.2, 0) is 0 Å². The van der Waals surface area contributed by atoms with Gasteiger partial charge in [0.05, 0.1) is 16.7 Å². The predicted octanol–water partition coefficient (Wildman–Crippen LogP) is 1.16. The van der Waals surface area contributed by atoms with E-state index in [0.29, 0.717) is 12.1 Å². The van der Waals surface area contributed by atoms with Crippen molar-refractivity contribution >= 4 is 34.8 Å². The van der Waals surface area contributed by atoms with Crippen molar-refractivity contribution in [3.05, 3.63) is 34.4 Å². The molecular weight excluding hydrogens is 268 g/mol. The molecule has 0 aliphatic heterocycles. The predicted molar refractivity (Wildman–Crippen MR) is 57.5 cm³/mol. The van der Waals surface area contributed by atoms with E-state index in [4.69, 9.17) is 26.9 Å². The number of hydrogen-bond donors (Lipinski definition) is 3. The molecule has 0 amide bonds. The van der Waals surface area contributed by atoms with Gasteiger partial charge in [-0.2, -0.15) is 0 Å². The van der Waals surface area contributed by atoms with Crippen LogP contribution in [0.4, 0.5) is 0 Å². The summed E-state index contributed by atoms with van der Waals surface area (Å²) in [5.74, 6) is -4.81. The number of carboxylic acid groups (broad SMARTS) is 3. The third kappa shape index (κ3) is 2.46. The number of aromatic carboxylic acids is 3. The summed E-state index contributed by atoms with van der Waals surface area (Å²) in [6.45, 7) is 0. The Morgan fingerprint density at radius 1 is 0.722 bits per heavy atom. The van der Waals surface area contributed by atoms with Crippen molar-refractivity contribution in [1.82, 2.24) is 0 Å². The minimum Gasteiger partial charge on any atom is -0.478 e. The maximum Gasteiger partial charge on any atom is 0.336 e. The van der Waals surface area contributed by atoms with E-state index >= 15 is 0 Å². The minimum atomic E-state index is -1.62. The number of hydrogen-bond acceptors (Lipinski definition) is 4. The highest BCUT2D eigenvalue weighted by atomic mass is 35.5. The topological polar surface area (TPSA) is 129 Å². The third-order valence-corrected chi connectivity index (χ3v) is 2.26. The Kier molecular flexibility index (Phi) is 3.67. The summed E-state index contributed by atoms with van der Waals surface area (Å²) in [4.78, 5) is 43.4. The van der Waals surface area contributed by atoms with Crippen LogP contribution in [0.5, 0.6) is 0 Å². The fraction of sp³-hybridized carbons (Fsp3) is 0. The van der Waals surface area contributed by atoms with Crippen LogP contribution in [0.25, 0.3) is 0 Å². The maximum absolute atomic E-state index is 11.0. The van der Waals surface area contributed by atoms with Crippen molar-refractivity contribution in [3.8, 4) is 0 Å². The first kappa shape index (κ1) is 13.7. The van der Waals surface area contributed by atoms with Crippen LogP contribution in [0.15, 0.2) is 12.1 Å². The smallest absolute Gasteiger partial charge is 0.336 e. The second kappa shape index (κ2) is 4.84. The Balaban J connectivity index is 3.71. The summed E-state index contributed by atoms with van der Waals surface area (Å²) >= 11 is 5.12. The van der Waals surface area contributed by atoms with Crippen LogP contribution in [0.3, 0.4) is 0 Å². The third-order valence-electron chi connectivity index (χ3n) is 2.06. The van der Waals surface area contributed by atoms with Gasteiger partial charge in [-0.15, -0.1) is 0 Å². The van der Waals surface area contributed by atoms with Crippen molar-refractivity contribution in [2.45, 2.75) is 0 Å². The van der Waals surface area contributed by atoms with Crippen LogP contribution in [-0.4, -0.2) is 38.5 Å². The molecule has 0 bridgehead atoms. The van der Waals surface area contributed by atoms with Gasteiger partial charge in [-0.3, -0.25) is 4.79 Å². The molecule has 0 aliphatic carbocycles. The molecule has 94 valence electrons. The van der Waals surface area contributed by atoms with Crippen molar-refractivity contribution in [2.24, 2.45) is 0 Å². The van der Waals surface area contributed by atoms with Crippen LogP contribution in [0, 0.1) is 0 Å². The van der Waals surface area contributed by atoms with Gasteiger partial charge in [-0.25, -0.2) is 14.4 Å². The standard InChI is InChI=1S/C10H5ClO7/c11-7(12)3-1-5(9(15)16)6(10(17)18)2-4(3)8(13)14/h1-2H,(H,13,14)(H,15,16)(H,17,18). The van der Waals surface area contributed by atoms with Crippen LogP contribution in [0.1, 0.15) is 41.4 Å². The number of carbonyl (C=O) groups is 4. The molecular formula is C10H5ClO7. The molecule has 3 N–H and O–H groups in total. The first-order chi connectivity index (χ1) is 8.25. The van der Waals surface area contributed by atoms with Crippen molar-refractivity contribution < 1.29 is 34.5 Å². The van der Waals surface area contributed by atoms with E-state index < -0.39 is 45.4 Å². The Bertz CT molecular complexity index is 478. The quantitative estimate of drug-likeness (QED) is 0.701. The highest BCUT2D eigenvalue weighted by Crippen LogP contribution is 2.20. The average molecular weight is 273 g/mol. The lowest BCUT2D eigenvalue weighted by atomic mass is 9.98. The number of benzene rings is 1. The number of carboxylic acids is 3. The number of halogens is 1. The summed E-state index contributed by atoms with van der Waals surface area (Å²) < 4.78 is 0. The van der Waals surface area contributed by atoms with Crippen LogP contribution in [0.2, 0.25) is 0 Å². The number of carbonyl (C=O) groups excluding carboxylic acids is 1. The van der Waals surface area contributed by atoms with E-state index in [2.05, 4.69) is 0 Å². The first-order valence-corrected chi connectivity index (χ1v) is 4.71. The lowest BCUT2D eigenvalue weighted by Gasteiger charge is -2.06. The van der Waals surface area contributed by atoms with Crippen molar-refractivity contribution in [2.75, 3.05) is 0 Å². The normalized spacial score (nSPS) is 9.83. The molecule has 0 saturated heterocycles. The second-order valence-corrected chi connectivity index (χ2v) is 3.48. The van der Waals surface area contributed by atoms with Gasteiger partial charge in [0.2, 0.25) is 0 Å². The Morgan fingerprint density at radius 3 is 1.28 bits per heavy atom. The Labute approximate surface area is 104 Å². The molecule has 1 rings (SSSR count). The second-order valence-electron chi connectivity index (χ2n) is 3.13. The number of rotatable bonds is 4. The first-order valence-electron chi connectivity index (χ1n) is 4.33. The highest BCUT2D eigenvalue weighted by molar-refractivity contribution is 6.68. The highest BCUT2D eigenvalue weighted by Gasteiger charge is 2.24. The Morgan fingerprint density at radius 2 is 1.00 bits per heavy atom. The van der Waals surface area contributed by atoms with Gasteiger partial charge in [0, 0.05) is 5.56 Å². The molecule has 0 radical (unpaired) electrons. The van der Waals surface area contributed by atoms with E-state index in [1.54, 1.807) is 0 Å². The molecule has 0 aliphatic rings. The molecule has 0 saturated carbocycles. The summed E-state index contributed by atoms with van der Waals surface area (Å²) in [7, 11) is 0. The van der Waals surface area contributed by atoms with E-state index in [9.17, 15) is 19.2 Å². The van der Waals surface area contributed by atoms with E-state index in [1.165, 1.54) is 0 Å². The fourth-order valence-electron chi connectivity index (χ4n) is 1.29. The minimum absolute atomic E-state index is 0.577. The monoisotopic (exact) mass is 272 g/mol. The zero-order chi connectivity index (χ0) is 14.0. The zero-order valence-electron chi connectivity index (χ0n) is 8.51. The van der Waals surface area contributed by atoms with Crippen molar-refractivity contribution in [3.63, 3.8) is 0 Å². The summed E-state index contributed by atoms with van der Waals surface area (Å²) in [6, 6.07) is 1.22. The molecule has 0 aromatic heterocycles. The molecule has 7 nitrogen and oxygen atoms in total. The van der Waals surface area contributed by atoms with E-state index in [0.717, 1.165) is 0 Å². The molecule has 18 heavy (non-hydrogen) atoms. The van der Waals surface area contributed by atoms with Gasteiger partial charge in [-0.1, -0.05) is 0 Å². The largest absolute Gasteiger partial charge is 0.478 e. The Hall–Kier alpha value is -2.41. The van der Waals surface area contributed by atoms with Gasteiger partial charge >= 0.3 is 17.9 Å². The fourth-order valence-corrected chi connectivity index (χ4v) is 1.45. The molecule has 1 aromatic rings. The van der Waals surface area contributed by atoms with Gasteiger partial charge in [-0.05, 0) is 23.7 Å². The zero-order valence-corrected chi connectivity index (χ0v) is 9.26. The van der Waals surface area contributed by atoms with Gasteiger partial charge in [0.1, 0.15) is 0 Å². The maximum atomic E-state index is 11.0. The molecule has 1 aromatic carbocycles. The van der Waals surface area contributed by atoms with Gasteiger partial charge in [0.25, 0.3) is 5.24 Å². The molecule has 0 spiro atoms. The SMILES string of the molecule is O=C(O)c1cc(C(=O)O)c(C(=O)Cl)cc1C(=O)O. The molecule has 8 heteroatoms. The molecule has 0 atom stereocenters. The lowest BCUT2D eigenvalue weighted by Crippen LogP contribution is -2.14.